The van der Waals surface area contributed by atoms with Crippen molar-refractivity contribution in [2.45, 2.75) is 30.2 Å². The molecule has 2 aliphatic heterocycles. The molecule has 1 unspecified atom stereocenters. The van der Waals surface area contributed by atoms with E-state index >= 15 is 0 Å². The first-order valence-electron chi connectivity index (χ1n) is 10.9. The molecule has 2 N–H and O–H groups in total. The molecule has 1 fully saturated rings. The lowest BCUT2D eigenvalue weighted by Gasteiger charge is -2.26. The highest BCUT2D eigenvalue weighted by Crippen LogP contribution is 2.37. The van der Waals surface area contributed by atoms with Gasteiger partial charge in [0.15, 0.2) is 11.5 Å². The van der Waals surface area contributed by atoms with E-state index in [1.807, 2.05) is 18.2 Å². The number of carbonyl (C=O) groups is 2. The monoisotopic (exact) mass is 473 g/mol. The van der Waals surface area contributed by atoms with Gasteiger partial charge in [-0.3, -0.25) is 9.59 Å². The summed E-state index contributed by atoms with van der Waals surface area (Å²) < 4.78 is 37.3. The fraction of sp³-hybridized carbons (Fsp3) is 0.391. The number of rotatable bonds is 6. The van der Waals surface area contributed by atoms with Gasteiger partial charge in [-0.2, -0.15) is 0 Å². The second-order valence-electron chi connectivity index (χ2n) is 7.92. The van der Waals surface area contributed by atoms with Gasteiger partial charge in [0.2, 0.25) is 15.9 Å². The summed E-state index contributed by atoms with van der Waals surface area (Å²) in [6, 6.07) is 11.2. The van der Waals surface area contributed by atoms with Gasteiger partial charge >= 0.3 is 0 Å². The zero-order valence-corrected chi connectivity index (χ0v) is 19.2. The van der Waals surface area contributed by atoms with Crippen LogP contribution in [0.2, 0.25) is 0 Å². The van der Waals surface area contributed by atoms with Gasteiger partial charge in [0.1, 0.15) is 0 Å². The third-order valence-corrected chi connectivity index (χ3v) is 7.26. The van der Waals surface area contributed by atoms with Crippen LogP contribution in [0, 0.1) is 0 Å². The van der Waals surface area contributed by atoms with Crippen LogP contribution in [0.15, 0.2) is 47.4 Å². The fourth-order valence-electron chi connectivity index (χ4n) is 4.06. The van der Waals surface area contributed by atoms with Crippen LogP contribution >= 0.6 is 0 Å². The van der Waals surface area contributed by atoms with Crippen molar-refractivity contribution in [3.63, 3.8) is 0 Å². The minimum Gasteiger partial charge on any atom is -0.490 e. The maximum atomic E-state index is 12.9. The van der Waals surface area contributed by atoms with E-state index in [-0.39, 0.29) is 29.0 Å². The molecule has 10 heteroatoms. The van der Waals surface area contributed by atoms with Gasteiger partial charge in [-0.1, -0.05) is 6.07 Å². The lowest BCUT2D eigenvalue weighted by molar-refractivity contribution is -0.131. The fourth-order valence-corrected chi connectivity index (χ4v) is 4.79. The second-order valence-corrected chi connectivity index (χ2v) is 9.80. The molecule has 33 heavy (non-hydrogen) atoms. The highest BCUT2D eigenvalue weighted by atomic mass is 32.2. The topological polar surface area (TPSA) is 114 Å². The molecule has 2 aromatic rings. The molecule has 9 nitrogen and oxygen atoms in total. The number of carbonyl (C=O) groups excluding carboxylic acids is 2. The summed E-state index contributed by atoms with van der Waals surface area (Å²) in [7, 11) is -2.26. The van der Waals surface area contributed by atoms with Crippen LogP contribution in [-0.4, -0.2) is 58.5 Å². The van der Waals surface area contributed by atoms with Crippen LogP contribution in [0.5, 0.6) is 11.5 Å². The molecule has 1 atom stereocenters. The summed E-state index contributed by atoms with van der Waals surface area (Å²) in [6.07, 6.45) is 2.53. The average Bonchev–Trinajstić information content (AvgIpc) is 3.21. The molecule has 176 valence electrons. The molecule has 2 aromatic carbocycles. The van der Waals surface area contributed by atoms with Gasteiger partial charge in [-0.05, 0) is 61.9 Å². The average molecular weight is 474 g/mol. The molecular weight excluding hydrogens is 446 g/mol. The van der Waals surface area contributed by atoms with Crippen LogP contribution in [-0.2, 0) is 14.8 Å². The van der Waals surface area contributed by atoms with Crippen LogP contribution in [0.25, 0.3) is 0 Å². The number of ether oxygens (including phenoxy) is 2. The number of sulfonamides is 1. The Morgan fingerprint density at radius 1 is 1.03 bits per heavy atom. The molecular formula is C23H27N3O6S. The quantitative estimate of drug-likeness (QED) is 0.662. The van der Waals surface area contributed by atoms with Crippen LogP contribution in [0.1, 0.15) is 41.2 Å². The Kier molecular flexibility index (Phi) is 6.85. The predicted molar refractivity (Wildman–Crippen MR) is 121 cm³/mol. The van der Waals surface area contributed by atoms with E-state index in [4.69, 9.17) is 9.47 Å². The molecule has 2 amide bonds. The lowest BCUT2D eigenvalue weighted by Crippen LogP contribution is -2.39. The molecule has 4 rings (SSSR count). The molecule has 2 aliphatic rings. The smallest absolute Gasteiger partial charge is 0.251 e. The van der Waals surface area contributed by atoms with E-state index in [9.17, 15) is 18.0 Å². The van der Waals surface area contributed by atoms with Crippen molar-refractivity contribution in [3.05, 3.63) is 53.6 Å². The number of likely N-dealkylation sites (tertiary alicyclic amines) is 1. The van der Waals surface area contributed by atoms with E-state index in [1.165, 1.54) is 31.3 Å². The van der Waals surface area contributed by atoms with E-state index in [2.05, 4.69) is 10.0 Å². The highest BCUT2D eigenvalue weighted by Gasteiger charge is 2.31. The van der Waals surface area contributed by atoms with Crippen molar-refractivity contribution in [2.75, 3.05) is 33.4 Å². The second kappa shape index (κ2) is 9.80. The maximum absolute atomic E-state index is 12.9. The van der Waals surface area contributed by atoms with E-state index in [0.717, 1.165) is 24.8 Å². The Hall–Kier alpha value is -3.11. The van der Waals surface area contributed by atoms with Gasteiger partial charge in [0.25, 0.3) is 5.91 Å². The van der Waals surface area contributed by atoms with Gasteiger partial charge in [0, 0.05) is 18.5 Å². The Labute approximate surface area is 193 Å². The zero-order chi connectivity index (χ0) is 23.4. The number of nitrogens with one attached hydrogen (secondary N) is 2. The summed E-state index contributed by atoms with van der Waals surface area (Å²) in [5, 5.41) is 2.64. The number of amides is 2. The van der Waals surface area contributed by atoms with Crippen molar-refractivity contribution in [2.24, 2.45) is 0 Å². The third kappa shape index (κ3) is 5.12. The normalized spacial score (nSPS) is 18.0. The largest absolute Gasteiger partial charge is 0.490 e. The highest BCUT2D eigenvalue weighted by molar-refractivity contribution is 7.89. The standard InChI is InChI=1S/C23H27N3O6S/c1-24-33(29,30)18-8-5-16(6-9-18)23(28)25-15-22(27)26-11-2-4-19(26)17-7-10-20-21(14-17)32-13-3-12-31-20/h5-10,14,19,24H,2-4,11-13,15H2,1H3,(H,25,28). The van der Waals surface area contributed by atoms with Crippen LogP contribution < -0.4 is 19.5 Å². The van der Waals surface area contributed by atoms with Gasteiger partial charge < -0.3 is 19.7 Å². The summed E-state index contributed by atoms with van der Waals surface area (Å²) in [6.45, 7) is 1.69. The van der Waals surface area contributed by atoms with Crippen molar-refractivity contribution in [3.8, 4) is 11.5 Å². The molecule has 1 saturated heterocycles. The Morgan fingerprint density at radius 2 is 1.76 bits per heavy atom. The molecule has 0 bridgehead atoms. The number of fused-ring (bicyclic) bond motifs is 1. The summed E-state index contributed by atoms with van der Waals surface area (Å²) in [5.74, 6) is 0.796. The zero-order valence-electron chi connectivity index (χ0n) is 18.4. The number of hydrogen-bond acceptors (Lipinski definition) is 6. The Morgan fingerprint density at radius 3 is 2.48 bits per heavy atom. The van der Waals surface area contributed by atoms with E-state index in [0.29, 0.717) is 31.3 Å². The number of hydrogen-bond donors (Lipinski definition) is 2. The summed E-state index contributed by atoms with van der Waals surface area (Å²) in [4.78, 5) is 27.2. The lowest BCUT2D eigenvalue weighted by atomic mass is 10.0. The molecule has 0 saturated carbocycles. The molecule has 0 spiro atoms. The molecule has 2 heterocycles. The minimum absolute atomic E-state index is 0.0627. The van der Waals surface area contributed by atoms with E-state index < -0.39 is 15.9 Å². The van der Waals surface area contributed by atoms with Crippen LogP contribution in [0.4, 0.5) is 0 Å². The van der Waals surface area contributed by atoms with Crippen molar-refractivity contribution >= 4 is 21.8 Å². The van der Waals surface area contributed by atoms with Crippen molar-refractivity contribution in [1.82, 2.24) is 14.9 Å². The van der Waals surface area contributed by atoms with Crippen molar-refractivity contribution in [1.29, 1.82) is 0 Å². The molecule has 0 radical (unpaired) electrons. The predicted octanol–water partition coefficient (Wildman–Crippen LogP) is 1.85. The first kappa shape index (κ1) is 23.1. The SMILES string of the molecule is CNS(=O)(=O)c1ccc(C(=O)NCC(=O)N2CCCC2c2ccc3c(c2)OCCCO3)cc1. The Balaban J connectivity index is 1.39. The molecule has 0 aliphatic carbocycles. The van der Waals surface area contributed by atoms with Gasteiger partial charge in [-0.15, -0.1) is 0 Å². The van der Waals surface area contributed by atoms with Crippen molar-refractivity contribution < 1.29 is 27.5 Å². The van der Waals surface area contributed by atoms with E-state index in [1.54, 1.807) is 4.90 Å². The first-order valence-corrected chi connectivity index (χ1v) is 12.4. The number of benzene rings is 2. The van der Waals surface area contributed by atoms with Crippen LogP contribution in [0.3, 0.4) is 0 Å². The number of nitrogens with zero attached hydrogens (tertiary/aromatic N) is 1. The van der Waals surface area contributed by atoms with Gasteiger partial charge in [-0.25, -0.2) is 13.1 Å². The van der Waals surface area contributed by atoms with Gasteiger partial charge in [0.05, 0.1) is 30.7 Å². The molecule has 0 aromatic heterocycles. The maximum Gasteiger partial charge on any atom is 0.251 e. The third-order valence-electron chi connectivity index (χ3n) is 5.83. The summed E-state index contributed by atoms with van der Waals surface area (Å²) in [5.41, 5.74) is 1.26. The first-order chi connectivity index (χ1) is 15.9. The minimum atomic E-state index is -3.58. The summed E-state index contributed by atoms with van der Waals surface area (Å²) >= 11 is 0. The Bertz CT molecular complexity index is 1130.